The fourth-order valence-corrected chi connectivity index (χ4v) is 5.15. The number of halogens is 2. The molecule has 178 valence electrons. The molecule has 4 rings (SSSR count). The molecule has 33 heavy (non-hydrogen) atoms. The molecule has 2 heterocycles. The van der Waals surface area contributed by atoms with Gasteiger partial charge in [0.1, 0.15) is 23.0 Å². The van der Waals surface area contributed by atoms with Gasteiger partial charge in [0.25, 0.3) is 0 Å². The summed E-state index contributed by atoms with van der Waals surface area (Å²) in [6.07, 6.45) is 0.216. The molecule has 0 amide bonds. The molecule has 1 N–H and O–H groups in total. The number of hydrogen-bond acceptors (Lipinski definition) is 3. The molecule has 2 aliphatic heterocycles. The molecule has 1 saturated heterocycles. The van der Waals surface area contributed by atoms with Crippen LogP contribution >= 0.6 is 0 Å². The van der Waals surface area contributed by atoms with E-state index >= 15 is 0 Å². The second-order valence-corrected chi connectivity index (χ2v) is 10.9. The third kappa shape index (κ3) is 4.77. The molecule has 2 aromatic rings. The summed E-state index contributed by atoms with van der Waals surface area (Å²) in [4.78, 5) is 12.2. The Morgan fingerprint density at radius 1 is 1.12 bits per heavy atom. The Morgan fingerprint density at radius 2 is 1.79 bits per heavy atom. The largest absolute Gasteiger partial charge is 0.487 e. The molecule has 0 bridgehead atoms. The van der Waals surface area contributed by atoms with Crippen molar-refractivity contribution in [3.63, 3.8) is 0 Å². The lowest BCUT2D eigenvalue weighted by atomic mass is 9.70. The first-order valence-corrected chi connectivity index (χ1v) is 11.5. The number of hydrogen-bond donors (Lipinski definition) is 1. The van der Waals surface area contributed by atoms with Crippen LogP contribution in [0.15, 0.2) is 36.4 Å². The first kappa shape index (κ1) is 23.7. The number of fused-ring (bicyclic) bond motifs is 3. The molecule has 0 radical (unpaired) electrons. The van der Waals surface area contributed by atoms with Gasteiger partial charge in [-0.25, -0.2) is 8.78 Å². The zero-order chi connectivity index (χ0) is 24.1. The Labute approximate surface area is 193 Å². The van der Waals surface area contributed by atoms with Gasteiger partial charge in [-0.3, -0.25) is 4.79 Å². The third-order valence-electron chi connectivity index (χ3n) is 7.05. The standard InChI is InChI=1S/C27H32F2O4/c1-26(2,3)16-7-9-23-19(12-16)24-21(27(4,5)33-23)14-20(25(30)31)22(32-24)8-6-15-10-17(28)13-18(29)11-15/h7,9-13,20-22,24H,6,8,14H2,1-5H3,(H,30,31)/t20-,21+,22+,24-/m1/s1. The second-order valence-electron chi connectivity index (χ2n) is 10.9. The van der Waals surface area contributed by atoms with Gasteiger partial charge in [0, 0.05) is 17.5 Å². The summed E-state index contributed by atoms with van der Waals surface area (Å²) in [5, 5.41) is 9.96. The van der Waals surface area contributed by atoms with Gasteiger partial charge < -0.3 is 14.6 Å². The van der Waals surface area contributed by atoms with E-state index in [0.717, 1.165) is 22.9 Å². The summed E-state index contributed by atoms with van der Waals surface area (Å²) in [6.45, 7) is 10.4. The Balaban J connectivity index is 1.66. The molecule has 4 atom stereocenters. The highest BCUT2D eigenvalue weighted by molar-refractivity contribution is 5.71. The van der Waals surface area contributed by atoms with E-state index in [-0.39, 0.29) is 17.4 Å². The minimum atomic E-state index is -0.922. The average Bonchev–Trinajstić information content (AvgIpc) is 2.69. The normalized spacial score (nSPS) is 26.2. The van der Waals surface area contributed by atoms with E-state index < -0.39 is 35.2 Å². The summed E-state index contributed by atoms with van der Waals surface area (Å²) in [5.41, 5.74) is 1.93. The highest BCUT2D eigenvalue weighted by Gasteiger charge is 2.52. The molecule has 6 heteroatoms. The lowest BCUT2D eigenvalue weighted by Crippen LogP contribution is -2.52. The molecular formula is C27H32F2O4. The molecule has 2 aromatic carbocycles. The van der Waals surface area contributed by atoms with Crippen LogP contribution in [-0.2, 0) is 21.4 Å². The lowest BCUT2D eigenvalue weighted by Gasteiger charge is -2.50. The molecule has 0 spiro atoms. The van der Waals surface area contributed by atoms with E-state index in [0.29, 0.717) is 24.8 Å². The molecule has 0 unspecified atom stereocenters. The Kier molecular flexibility index (Phi) is 6.02. The van der Waals surface area contributed by atoms with Crippen LogP contribution in [0.25, 0.3) is 0 Å². The predicted octanol–water partition coefficient (Wildman–Crippen LogP) is 6.21. The van der Waals surface area contributed by atoms with E-state index in [9.17, 15) is 18.7 Å². The van der Waals surface area contributed by atoms with Gasteiger partial charge >= 0.3 is 5.97 Å². The first-order chi connectivity index (χ1) is 15.3. The number of ether oxygens (including phenoxy) is 2. The zero-order valence-electron chi connectivity index (χ0n) is 19.8. The predicted molar refractivity (Wildman–Crippen MR) is 121 cm³/mol. The van der Waals surface area contributed by atoms with Gasteiger partial charge in [0.2, 0.25) is 0 Å². The topological polar surface area (TPSA) is 55.8 Å². The molecule has 4 nitrogen and oxygen atoms in total. The van der Waals surface area contributed by atoms with Crippen molar-refractivity contribution in [1.29, 1.82) is 0 Å². The summed E-state index contributed by atoms with van der Waals surface area (Å²) >= 11 is 0. The zero-order valence-corrected chi connectivity index (χ0v) is 19.8. The van der Waals surface area contributed by atoms with Crippen molar-refractivity contribution < 1.29 is 28.2 Å². The van der Waals surface area contributed by atoms with Crippen molar-refractivity contribution in [2.24, 2.45) is 11.8 Å². The number of aryl methyl sites for hydroxylation is 1. The molecule has 2 aliphatic rings. The Hall–Kier alpha value is -2.47. The smallest absolute Gasteiger partial charge is 0.309 e. The molecular weight excluding hydrogens is 426 g/mol. The highest BCUT2D eigenvalue weighted by Crippen LogP contribution is 2.53. The number of carboxylic acid groups (broad SMARTS) is 1. The number of carbonyl (C=O) groups is 1. The maximum atomic E-state index is 13.6. The van der Waals surface area contributed by atoms with Gasteiger partial charge in [-0.2, -0.15) is 0 Å². The maximum Gasteiger partial charge on any atom is 0.309 e. The fourth-order valence-electron chi connectivity index (χ4n) is 5.15. The minimum Gasteiger partial charge on any atom is -0.487 e. The van der Waals surface area contributed by atoms with Crippen molar-refractivity contribution >= 4 is 5.97 Å². The number of benzene rings is 2. The van der Waals surface area contributed by atoms with E-state index in [4.69, 9.17) is 9.47 Å². The SMILES string of the molecule is CC(C)(C)c1ccc2c(c1)[C@H]1O[C@@H](CCc3cc(F)cc(F)c3)[C@H](C(=O)O)C[C@@H]1C(C)(C)O2. The summed E-state index contributed by atoms with van der Waals surface area (Å²) < 4.78 is 40.1. The highest BCUT2D eigenvalue weighted by atomic mass is 19.1. The summed E-state index contributed by atoms with van der Waals surface area (Å²) in [6, 6.07) is 9.56. The fraction of sp³-hybridized carbons (Fsp3) is 0.519. The molecule has 0 saturated carbocycles. The lowest BCUT2D eigenvalue weighted by molar-refractivity contribution is -0.188. The third-order valence-corrected chi connectivity index (χ3v) is 7.05. The number of aliphatic carboxylic acids is 1. The van der Waals surface area contributed by atoms with E-state index in [1.807, 2.05) is 19.9 Å². The van der Waals surface area contributed by atoms with Crippen molar-refractivity contribution in [2.75, 3.05) is 0 Å². The van der Waals surface area contributed by atoms with Crippen LogP contribution < -0.4 is 4.74 Å². The van der Waals surface area contributed by atoms with Crippen molar-refractivity contribution in [1.82, 2.24) is 0 Å². The number of rotatable bonds is 4. The van der Waals surface area contributed by atoms with Gasteiger partial charge in [-0.1, -0.05) is 26.8 Å². The summed E-state index contributed by atoms with van der Waals surface area (Å²) in [5.74, 6) is -2.30. The van der Waals surface area contributed by atoms with Crippen LogP contribution in [0.5, 0.6) is 5.75 Å². The van der Waals surface area contributed by atoms with Crippen molar-refractivity contribution in [3.05, 3.63) is 64.7 Å². The van der Waals surface area contributed by atoms with Gasteiger partial charge in [0.05, 0.1) is 18.1 Å². The van der Waals surface area contributed by atoms with Crippen LogP contribution in [0.4, 0.5) is 8.78 Å². The first-order valence-electron chi connectivity index (χ1n) is 11.5. The number of carboxylic acids is 1. The Bertz CT molecular complexity index is 1040. The van der Waals surface area contributed by atoms with Crippen molar-refractivity contribution in [2.45, 2.75) is 77.1 Å². The van der Waals surface area contributed by atoms with Crippen LogP contribution in [-0.4, -0.2) is 22.8 Å². The average molecular weight is 459 g/mol. The van der Waals surface area contributed by atoms with Crippen LogP contribution in [0.3, 0.4) is 0 Å². The molecule has 0 aliphatic carbocycles. The van der Waals surface area contributed by atoms with Crippen LogP contribution in [0.2, 0.25) is 0 Å². The van der Waals surface area contributed by atoms with Crippen LogP contribution in [0.1, 0.15) is 70.3 Å². The van der Waals surface area contributed by atoms with E-state index in [2.05, 4.69) is 32.9 Å². The van der Waals surface area contributed by atoms with E-state index in [1.54, 1.807) is 0 Å². The monoisotopic (exact) mass is 458 g/mol. The van der Waals surface area contributed by atoms with Gasteiger partial charge in [-0.15, -0.1) is 0 Å². The summed E-state index contributed by atoms with van der Waals surface area (Å²) in [7, 11) is 0. The maximum absolute atomic E-state index is 13.6. The molecule has 0 aromatic heterocycles. The van der Waals surface area contributed by atoms with Gasteiger partial charge in [-0.05, 0) is 73.9 Å². The van der Waals surface area contributed by atoms with Gasteiger partial charge in [0.15, 0.2) is 0 Å². The van der Waals surface area contributed by atoms with E-state index in [1.165, 1.54) is 12.1 Å². The molecule has 1 fully saturated rings. The second kappa shape index (κ2) is 8.39. The van der Waals surface area contributed by atoms with Crippen LogP contribution in [0, 0.1) is 23.5 Å². The Morgan fingerprint density at radius 3 is 2.39 bits per heavy atom. The quantitative estimate of drug-likeness (QED) is 0.592. The van der Waals surface area contributed by atoms with Crippen molar-refractivity contribution in [3.8, 4) is 5.75 Å². The minimum absolute atomic E-state index is 0.0589.